The lowest BCUT2D eigenvalue weighted by molar-refractivity contribution is -0.313. The molecule has 2 aliphatic carbocycles. The van der Waals surface area contributed by atoms with Crippen LogP contribution in [0.3, 0.4) is 0 Å². The van der Waals surface area contributed by atoms with Gasteiger partial charge in [0.15, 0.2) is 12.6 Å². The Hall–Kier alpha value is -4.32. The summed E-state index contributed by atoms with van der Waals surface area (Å²) in [7, 11) is 0. The zero-order valence-electron chi connectivity index (χ0n) is 61.9. The molecule has 96 heavy (non-hydrogen) atoms. The number of allylic oxidation sites excluding steroid dienone is 20. The first-order valence-electron chi connectivity index (χ1n) is 37.1. The van der Waals surface area contributed by atoms with Crippen LogP contribution in [0.1, 0.15) is 264 Å². The summed E-state index contributed by atoms with van der Waals surface area (Å²) in [6.45, 7) is 29.8. The van der Waals surface area contributed by atoms with Crippen molar-refractivity contribution in [3.05, 3.63) is 130 Å². The molecule has 12 atom stereocenters. The maximum atomic E-state index is 12.6. The second kappa shape index (κ2) is 44.7. The molecule has 0 amide bonds. The zero-order chi connectivity index (χ0) is 70.8. The van der Waals surface area contributed by atoms with E-state index < -0.39 is 61.4 Å². The Morgan fingerprint density at radius 1 is 0.438 bits per heavy atom. The molecule has 2 saturated heterocycles. The van der Waals surface area contributed by atoms with E-state index in [1.54, 1.807) is 0 Å². The lowest BCUT2D eigenvalue weighted by Crippen LogP contribution is -2.60. The molecule has 0 saturated carbocycles. The summed E-state index contributed by atoms with van der Waals surface area (Å²) < 4.78 is 35.7. The summed E-state index contributed by atoms with van der Waals surface area (Å²) in [6, 6.07) is 0. The summed E-state index contributed by atoms with van der Waals surface area (Å²) in [4.78, 5) is 25.2. The molecule has 0 aromatic carbocycles. The van der Waals surface area contributed by atoms with E-state index in [9.17, 15) is 40.2 Å². The highest BCUT2D eigenvalue weighted by Crippen LogP contribution is 2.45. The Morgan fingerprint density at radius 3 is 1.06 bits per heavy atom. The van der Waals surface area contributed by atoms with Crippen molar-refractivity contribution in [1.82, 2.24) is 0 Å². The van der Waals surface area contributed by atoms with Gasteiger partial charge in [-0.25, -0.2) is 0 Å². The van der Waals surface area contributed by atoms with Crippen LogP contribution in [0.5, 0.6) is 0 Å². The highest BCUT2D eigenvalue weighted by Gasteiger charge is 2.48. The minimum atomic E-state index is -1.52. The minimum absolute atomic E-state index is 0.237. The normalized spacial score (nSPS) is 27.4. The molecule has 0 aromatic heterocycles. The quantitative estimate of drug-likeness (QED) is 0.0191. The average molecular weight is 1340 g/mol. The maximum absolute atomic E-state index is 12.6. The first-order valence-corrected chi connectivity index (χ1v) is 37.1. The van der Waals surface area contributed by atoms with Crippen molar-refractivity contribution in [3.63, 3.8) is 0 Å². The lowest BCUT2D eigenvalue weighted by atomic mass is 9.71. The summed E-state index contributed by atoms with van der Waals surface area (Å²) in [5.41, 5.74) is 8.58. The number of unbranched alkanes of at least 4 members (excludes halogenated alkanes) is 16. The average Bonchev–Trinajstić information content (AvgIpc) is 0.803. The predicted molar refractivity (Wildman–Crippen MR) is 388 cm³/mol. The monoisotopic (exact) mass is 1340 g/mol. The maximum Gasteiger partial charge on any atom is 0.305 e. The second-order valence-corrected chi connectivity index (χ2v) is 30.5. The molecular weight excluding hydrogens is 1210 g/mol. The Bertz CT molecular complexity index is 2480. The molecule has 2 fully saturated rings. The van der Waals surface area contributed by atoms with Crippen LogP contribution < -0.4 is 0 Å². The van der Waals surface area contributed by atoms with E-state index in [4.69, 9.17) is 28.4 Å². The molecule has 0 radical (unpaired) electrons. The van der Waals surface area contributed by atoms with Gasteiger partial charge < -0.3 is 59.1 Å². The van der Waals surface area contributed by atoms with Gasteiger partial charge in [-0.3, -0.25) is 9.59 Å². The van der Waals surface area contributed by atoms with E-state index in [-0.39, 0.29) is 61.0 Å². The highest BCUT2D eigenvalue weighted by atomic mass is 16.7. The molecule has 544 valence electrons. The topological polar surface area (TPSA) is 211 Å². The van der Waals surface area contributed by atoms with E-state index >= 15 is 0 Å². The fourth-order valence-electron chi connectivity index (χ4n) is 13.6. The fraction of sp³-hybridized carbons (Fsp3) is 0.707. The van der Waals surface area contributed by atoms with E-state index in [1.807, 2.05) is 24.3 Å². The van der Waals surface area contributed by atoms with Gasteiger partial charge in [-0.2, -0.15) is 0 Å². The van der Waals surface area contributed by atoms with Gasteiger partial charge in [-0.15, -0.1) is 0 Å². The summed E-state index contributed by atoms with van der Waals surface area (Å²) >= 11 is 0. The fourth-order valence-corrected chi connectivity index (χ4v) is 13.6. The number of aliphatic hydroxyl groups excluding tert-OH is 6. The number of carbonyl (C=O) groups is 2. The number of ether oxygens (including phenoxy) is 6. The Balaban J connectivity index is 1.18. The number of aliphatic hydroxyl groups is 6. The van der Waals surface area contributed by atoms with Crippen molar-refractivity contribution in [1.29, 1.82) is 0 Å². The van der Waals surface area contributed by atoms with E-state index in [0.717, 1.165) is 83.8 Å². The third-order valence-corrected chi connectivity index (χ3v) is 19.3. The van der Waals surface area contributed by atoms with Crippen molar-refractivity contribution in [3.8, 4) is 0 Å². The van der Waals surface area contributed by atoms with Crippen molar-refractivity contribution < 1.29 is 68.6 Å². The number of hydrogen-bond acceptors (Lipinski definition) is 14. The van der Waals surface area contributed by atoms with Crippen LogP contribution in [-0.4, -0.2) is 129 Å². The minimum Gasteiger partial charge on any atom is -0.463 e. The molecule has 0 bridgehead atoms. The van der Waals surface area contributed by atoms with Crippen LogP contribution >= 0.6 is 0 Å². The summed E-state index contributed by atoms with van der Waals surface area (Å²) in [5, 5.41) is 65.0. The van der Waals surface area contributed by atoms with Crippen molar-refractivity contribution in [2.45, 2.75) is 337 Å². The van der Waals surface area contributed by atoms with Crippen LogP contribution in [0.15, 0.2) is 130 Å². The zero-order valence-corrected chi connectivity index (χ0v) is 61.9. The van der Waals surface area contributed by atoms with Crippen LogP contribution in [-0.2, 0) is 38.0 Å². The SMILES string of the molecule is CC(C=CC=C(C)C=CC1=C(C)CC(OC2OC(COC(=O)CCCCCCCCCCCC(C)C)C(O)C(O)C2O)CC1(C)C)=CC=CC=C(C)C=CC=C(C)C=CC1=C(C)CC(OC2OC(COC(=O)CCCCCCCCCCCC(C)C)C(O)C(O)C2O)CC1(C)C. The molecule has 6 N–H and O–H groups in total. The first-order chi connectivity index (χ1) is 45.6. The lowest BCUT2D eigenvalue weighted by Gasteiger charge is -2.43. The third kappa shape index (κ3) is 31.9. The number of carbonyl (C=O) groups excluding carboxylic acids is 2. The number of hydrogen-bond donors (Lipinski definition) is 6. The molecular formula is C82H132O14. The molecule has 14 nitrogen and oxygen atoms in total. The Morgan fingerprint density at radius 2 is 0.740 bits per heavy atom. The van der Waals surface area contributed by atoms with Crippen molar-refractivity contribution in [2.75, 3.05) is 13.2 Å². The Kier molecular flexibility index (Phi) is 39.2. The highest BCUT2D eigenvalue weighted by molar-refractivity contribution is 5.69. The van der Waals surface area contributed by atoms with Gasteiger partial charge in [0.25, 0.3) is 0 Å². The molecule has 0 spiro atoms. The van der Waals surface area contributed by atoms with Gasteiger partial charge in [-0.1, -0.05) is 289 Å². The molecule has 4 rings (SSSR count). The van der Waals surface area contributed by atoms with Gasteiger partial charge >= 0.3 is 11.9 Å². The van der Waals surface area contributed by atoms with Gasteiger partial charge in [0.2, 0.25) is 0 Å². The van der Waals surface area contributed by atoms with Gasteiger partial charge in [0.05, 0.1) is 12.2 Å². The van der Waals surface area contributed by atoms with Crippen LogP contribution in [0.25, 0.3) is 0 Å². The number of esters is 2. The summed E-state index contributed by atoms with van der Waals surface area (Å²) in [6.07, 6.45) is 41.8. The molecule has 12 unspecified atom stereocenters. The predicted octanol–water partition coefficient (Wildman–Crippen LogP) is 17.2. The van der Waals surface area contributed by atoms with Crippen molar-refractivity contribution >= 4 is 11.9 Å². The largest absolute Gasteiger partial charge is 0.463 e. The standard InChI is InChI=1S/C82H132O14/c1-57(2)37-29-25-21-17-15-19-23-27-31-45-71(83)91-55-69-73(85)75(87)77(89)79(95-69)93-65-51-63(9)67(81(11,12)53-65)49-47-61(7)43-35-41-59(5)39-33-34-40-60(6)42-36-44-62(8)48-50-68-64(10)52-66(54-82(68,13)14)94-80-78(90)76(88)74(86)70(96-80)56-92-72(84)46-32-28-24-20-16-18-22-26-30-38-58(3)4/h33-36,39-44,47-50,57-58,65-66,69-70,73-80,85-90H,15-32,37-38,45-46,51-56H2,1-14H3. The van der Waals surface area contributed by atoms with E-state index in [2.05, 4.69) is 158 Å². The summed E-state index contributed by atoms with van der Waals surface area (Å²) in [5.74, 6) is 0.822. The third-order valence-electron chi connectivity index (χ3n) is 19.3. The smallest absolute Gasteiger partial charge is 0.305 e. The van der Waals surface area contributed by atoms with Crippen LogP contribution in [0, 0.1) is 22.7 Å². The molecule has 4 aliphatic rings. The molecule has 14 heteroatoms. The number of rotatable bonds is 42. The van der Waals surface area contributed by atoms with Gasteiger partial charge in [0, 0.05) is 12.8 Å². The van der Waals surface area contributed by atoms with Crippen LogP contribution in [0.4, 0.5) is 0 Å². The molecule has 0 aromatic rings. The van der Waals surface area contributed by atoms with E-state index in [0.29, 0.717) is 25.7 Å². The van der Waals surface area contributed by atoms with Gasteiger partial charge in [0.1, 0.15) is 62.0 Å². The second-order valence-electron chi connectivity index (χ2n) is 30.5. The van der Waals surface area contributed by atoms with Gasteiger partial charge in [-0.05, 0) is 114 Å². The van der Waals surface area contributed by atoms with E-state index in [1.165, 1.54) is 101 Å². The van der Waals surface area contributed by atoms with Crippen molar-refractivity contribution in [2.24, 2.45) is 22.7 Å². The Labute approximate surface area is 580 Å². The molecule has 2 aliphatic heterocycles. The first kappa shape index (κ1) is 84.1. The van der Waals surface area contributed by atoms with Crippen LogP contribution in [0.2, 0.25) is 0 Å². The molecule has 2 heterocycles.